The van der Waals surface area contributed by atoms with Crippen molar-refractivity contribution < 1.29 is 14.6 Å². The van der Waals surface area contributed by atoms with Gasteiger partial charge in [-0.25, -0.2) is 4.98 Å². The number of hydrogen-bond donors (Lipinski definition) is 2. The molecule has 6 nitrogen and oxygen atoms in total. The SMILES string of the molecule is COc1ccc(OC)c(CN(CCO)Cc2cnc(N)s2)c1. The summed E-state index contributed by atoms with van der Waals surface area (Å²) in [5.41, 5.74) is 6.67. The number of nitrogen functional groups attached to an aromatic ring is 1. The van der Waals surface area contributed by atoms with E-state index in [1.54, 1.807) is 20.4 Å². The molecule has 0 aliphatic rings. The van der Waals surface area contributed by atoms with Crippen LogP contribution in [0.25, 0.3) is 0 Å². The number of rotatable bonds is 8. The minimum atomic E-state index is 0.0839. The van der Waals surface area contributed by atoms with Crippen LogP contribution in [0.2, 0.25) is 0 Å². The first-order chi connectivity index (χ1) is 10.7. The average Bonchev–Trinajstić information content (AvgIpc) is 2.92. The van der Waals surface area contributed by atoms with Crippen molar-refractivity contribution in [3.63, 3.8) is 0 Å². The summed E-state index contributed by atoms with van der Waals surface area (Å²) in [5.74, 6) is 1.58. The van der Waals surface area contributed by atoms with Crippen molar-refractivity contribution >= 4 is 16.5 Å². The van der Waals surface area contributed by atoms with Crippen molar-refractivity contribution in [3.8, 4) is 11.5 Å². The fraction of sp³-hybridized carbons (Fsp3) is 0.400. The Balaban J connectivity index is 2.16. The molecule has 120 valence electrons. The number of aliphatic hydroxyl groups excluding tert-OH is 1. The first-order valence-electron chi connectivity index (χ1n) is 6.90. The third-order valence-corrected chi connectivity index (χ3v) is 4.06. The number of aliphatic hydroxyl groups is 1. The van der Waals surface area contributed by atoms with E-state index in [-0.39, 0.29) is 6.61 Å². The van der Waals surface area contributed by atoms with Gasteiger partial charge in [0, 0.05) is 36.3 Å². The van der Waals surface area contributed by atoms with Gasteiger partial charge in [0.05, 0.1) is 20.8 Å². The van der Waals surface area contributed by atoms with E-state index in [2.05, 4.69) is 9.88 Å². The summed E-state index contributed by atoms with van der Waals surface area (Å²) in [4.78, 5) is 7.24. The highest BCUT2D eigenvalue weighted by Crippen LogP contribution is 2.26. The van der Waals surface area contributed by atoms with Gasteiger partial charge < -0.3 is 20.3 Å². The van der Waals surface area contributed by atoms with Crippen LogP contribution in [0.4, 0.5) is 5.13 Å². The Morgan fingerprint density at radius 3 is 2.68 bits per heavy atom. The number of nitrogens with two attached hydrogens (primary N) is 1. The lowest BCUT2D eigenvalue weighted by Gasteiger charge is -2.22. The van der Waals surface area contributed by atoms with Gasteiger partial charge in [0.25, 0.3) is 0 Å². The second-order valence-corrected chi connectivity index (χ2v) is 5.92. The number of nitrogens with zero attached hydrogens (tertiary/aromatic N) is 2. The van der Waals surface area contributed by atoms with E-state index in [0.29, 0.717) is 24.8 Å². The lowest BCUT2D eigenvalue weighted by atomic mass is 10.1. The molecule has 1 aromatic heterocycles. The lowest BCUT2D eigenvalue weighted by Crippen LogP contribution is -2.26. The standard InChI is InChI=1S/C15H21N3O3S/c1-20-12-3-4-14(21-2)11(7-12)9-18(5-6-19)10-13-8-17-15(16)22-13/h3-4,7-8,19H,5-6,9-10H2,1-2H3,(H2,16,17). The summed E-state index contributed by atoms with van der Waals surface area (Å²) >= 11 is 1.46. The zero-order valence-electron chi connectivity index (χ0n) is 12.8. The molecule has 0 aliphatic heterocycles. The smallest absolute Gasteiger partial charge is 0.180 e. The molecule has 0 saturated heterocycles. The summed E-state index contributed by atoms with van der Waals surface area (Å²) < 4.78 is 10.7. The van der Waals surface area contributed by atoms with Crippen LogP contribution in [0, 0.1) is 0 Å². The Morgan fingerprint density at radius 1 is 1.27 bits per heavy atom. The Bertz CT molecular complexity index is 603. The fourth-order valence-corrected chi connectivity index (χ4v) is 2.94. The molecule has 0 spiro atoms. The van der Waals surface area contributed by atoms with Crippen molar-refractivity contribution in [3.05, 3.63) is 34.8 Å². The molecule has 22 heavy (non-hydrogen) atoms. The summed E-state index contributed by atoms with van der Waals surface area (Å²) in [6.45, 7) is 1.95. The van der Waals surface area contributed by atoms with Crippen LogP contribution >= 0.6 is 11.3 Å². The molecular formula is C15H21N3O3S. The monoisotopic (exact) mass is 323 g/mol. The first-order valence-corrected chi connectivity index (χ1v) is 7.72. The number of ether oxygens (including phenoxy) is 2. The number of thiazole rings is 1. The zero-order chi connectivity index (χ0) is 15.9. The Hall–Kier alpha value is -1.83. The molecular weight excluding hydrogens is 302 g/mol. The van der Waals surface area contributed by atoms with Crippen LogP contribution in [-0.2, 0) is 13.1 Å². The Kier molecular flexibility index (Phi) is 6.00. The number of hydrogen-bond acceptors (Lipinski definition) is 7. The second kappa shape index (κ2) is 7.98. The maximum atomic E-state index is 9.29. The molecule has 0 aliphatic carbocycles. The van der Waals surface area contributed by atoms with Gasteiger partial charge in [-0.2, -0.15) is 0 Å². The molecule has 0 bridgehead atoms. The quantitative estimate of drug-likeness (QED) is 0.770. The topological polar surface area (TPSA) is 80.8 Å². The summed E-state index contributed by atoms with van der Waals surface area (Å²) in [6.07, 6.45) is 1.77. The molecule has 1 heterocycles. The Labute approximate surface area is 134 Å². The first kappa shape index (κ1) is 16.5. The van der Waals surface area contributed by atoms with Crippen molar-refractivity contribution in [2.75, 3.05) is 33.1 Å². The van der Waals surface area contributed by atoms with Crippen molar-refractivity contribution in [2.45, 2.75) is 13.1 Å². The largest absolute Gasteiger partial charge is 0.497 e. The fourth-order valence-electron chi connectivity index (χ4n) is 2.22. The number of benzene rings is 1. The van der Waals surface area contributed by atoms with Crippen molar-refractivity contribution in [1.82, 2.24) is 9.88 Å². The van der Waals surface area contributed by atoms with Gasteiger partial charge >= 0.3 is 0 Å². The van der Waals surface area contributed by atoms with Crippen LogP contribution in [0.3, 0.4) is 0 Å². The van der Waals surface area contributed by atoms with Crippen molar-refractivity contribution in [2.24, 2.45) is 0 Å². The molecule has 1 aromatic carbocycles. The van der Waals surface area contributed by atoms with Gasteiger partial charge in [-0.3, -0.25) is 4.90 Å². The minimum Gasteiger partial charge on any atom is -0.497 e. The van der Waals surface area contributed by atoms with E-state index < -0.39 is 0 Å². The molecule has 2 rings (SSSR count). The summed E-state index contributed by atoms with van der Waals surface area (Å²) in [6, 6.07) is 5.70. The van der Waals surface area contributed by atoms with Crippen LogP contribution in [0.15, 0.2) is 24.4 Å². The maximum absolute atomic E-state index is 9.29. The predicted molar refractivity (Wildman–Crippen MR) is 87.3 cm³/mol. The molecule has 0 fully saturated rings. The molecule has 0 radical (unpaired) electrons. The van der Waals surface area contributed by atoms with E-state index in [9.17, 15) is 5.11 Å². The normalized spacial score (nSPS) is 10.9. The number of anilines is 1. The van der Waals surface area contributed by atoms with Crippen LogP contribution in [0.1, 0.15) is 10.4 Å². The Morgan fingerprint density at radius 2 is 2.09 bits per heavy atom. The van der Waals surface area contributed by atoms with Gasteiger partial charge in [0.1, 0.15) is 11.5 Å². The minimum absolute atomic E-state index is 0.0839. The van der Waals surface area contributed by atoms with Gasteiger partial charge in [-0.1, -0.05) is 0 Å². The van der Waals surface area contributed by atoms with Crippen LogP contribution in [-0.4, -0.2) is 42.4 Å². The predicted octanol–water partition coefficient (Wildman–Crippen LogP) is 1.74. The molecule has 0 amide bonds. The van der Waals surface area contributed by atoms with E-state index in [4.69, 9.17) is 15.2 Å². The number of aromatic nitrogens is 1. The van der Waals surface area contributed by atoms with Gasteiger partial charge in [-0.05, 0) is 18.2 Å². The van der Waals surface area contributed by atoms with Gasteiger partial charge in [0.15, 0.2) is 5.13 Å². The van der Waals surface area contributed by atoms with Crippen LogP contribution < -0.4 is 15.2 Å². The maximum Gasteiger partial charge on any atom is 0.180 e. The number of methoxy groups -OCH3 is 2. The highest BCUT2D eigenvalue weighted by atomic mass is 32.1. The highest BCUT2D eigenvalue weighted by Gasteiger charge is 2.13. The van der Waals surface area contributed by atoms with E-state index in [1.165, 1.54) is 11.3 Å². The van der Waals surface area contributed by atoms with E-state index in [0.717, 1.165) is 21.9 Å². The van der Waals surface area contributed by atoms with Crippen LogP contribution in [0.5, 0.6) is 11.5 Å². The summed E-state index contributed by atoms with van der Waals surface area (Å²) in [7, 11) is 3.28. The molecule has 3 N–H and O–H groups in total. The molecule has 2 aromatic rings. The molecule has 0 atom stereocenters. The summed E-state index contributed by atoms with van der Waals surface area (Å²) in [5, 5.41) is 9.84. The lowest BCUT2D eigenvalue weighted by molar-refractivity contribution is 0.184. The molecule has 0 unspecified atom stereocenters. The zero-order valence-corrected chi connectivity index (χ0v) is 13.6. The highest BCUT2D eigenvalue weighted by molar-refractivity contribution is 7.15. The van der Waals surface area contributed by atoms with Gasteiger partial charge in [0.2, 0.25) is 0 Å². The third kappa shape index (κ3) is 4.33. The second-order valence-electron chi connectivity index (χ2n) is 4.78. The average molecular weight is 323 g/mol. The van der Waals surface area contributed by atoms with E-state index in [1.807, 2.05) is 18.2 Å². The third-order valence-electron chi connectivity index (χ3n) is 3.25. The molecule has 0 saturated carbocycles. The van der Waals surface area contributed by atoms with Gasteiger partial charge in [-0.15, -0.1) is 11.3 Å². The van der Waals surface area contributed by atoms with Crippen molar-refractivity contribution in [1.29, 1.82) is 0 Å². The molecule has 7 heteroatoms. The van der Waals surface area contributed by atoms with E-state index >= 15 is 0 Å².